The Balaban J connectivity index is 1.71. The predicted molar refractivity (Wildman–Crippen MR) is 109 cm³/mol. The van der Waals surface area contributed by atoms with Gasteiger partial charge in [0.2, 0.25) is 0 Å². The molecule has 7 nitrogen and oxygen atoms in total. The summed E-state index contributed by atoms with van der Waals surface area (Å²) in [6, 6.07) is 5.87. The summed E-state index contributed by atoms with van der Waals surface area (Å²) >= 11 is 1.64. The van der Waals surface area contributed by atoms with E-state index in [4.69, 9.17) is 10.5 Å². The number of aliphatic hydroxyl groups is 1. The van der Waals surface area contributed by atoms with Gasteiger partial charge in [0.15, 0.2) is 6.23 Å². The maximum absolute atomic E-state index is 10.0. The first-order chi connectivity index (χ1) is 12.9. The first-order valence-corrected chi connectivity index (χ1v) is 10.0. The molecular formula is C19H25N5O2S. The number of nitrogens with zero attached hydrogens (tertiary/aromatic N) is 3. The van der Waals surface area contributed by atoms with E-state index in [1.807, 2.05) is 29.1 Å². The van der Waals surface area contributed by atoms with E-state index >= 15 is 0 Å². The number of nitrogens with one attached hydrogen (secondary N) is 1. The Bertz CT molecular complexity index is 937. The lowest BCUT2D eigenvalue weighted by atomic mass is 10.1. The summed E-state index contributed by atoms with van der Waals surface area (Å²) in [4.78, 5) is 5.55. The molecule has 0 aliphatic carbocycles. The monoisotopic (exact) mass is 387 g/mol. The molecule has 0 saturated carbocycles. The molecule has 1 fully saturated rings. The van der Waals surface area contributed by atoms with Crippen molar-refractivity contribution in [3.63, 3.8) is 0 Å². The first kappa shape index (κ1) is 18.2. The van der Waals surface area contributed by atoms with Crippen LogP contribution in [0.3, 0.4) is 0 Å². The third-order valence-electron chi connectivity index (χ3n) is 4.56. The van der Waals surface area contributed by atoms with E-state index in [1.54, 1.807) is 25.2 Å². The summed E-state index contributed by atoms with van der Waals surface area (Å²) in [7, 11) is 0. The van der Waals surface area contributed by atoms with Crippen molar-refractivity contribution < 1.29 is 9.84 Å². The van der Waals surface area contributed by atoms with E-state index in [9.17, 15) is 5.11 Å². The molecule has 4 heterocycles. The van der Waals surface area contributed by atoms with Crippen LogP contribution in [0.4, 0.5) is 11.5 Å². The number of hydrogen-bond acceptors (Lipinski definition) is 7. The van der Waals surface area contributed by atoms with Crippen molar-refractivity contribution in [1.82, 2.24) is 14.8 Å². The number of hydrogen-bond donors (Lipinski definition) is 3. The van der Waals surface area contributed by atoms with Crippen LogP contribution in [0.1, 0.15) is 39.3 Å². The summed E-state index contributed by atoms with van der Waals surface area (Å²) in [5.41, 5.74) is 7.92. The standard InChI is InChI=1S/C19H25N5O2S/c1-19(2,25)11-21-12-10-16(20)23-13-9-15(27-18(12)13)14-6-7-22-24(14)17-5-3-4-8-26-17/h6-7,9-10,17,25H,3-5,8,11H2,1-2H3,(H3,20,21,23). The van der Waals surface area contributed by atoms with Crippen LogP contribution in [0, 0.1) is 0 Å². The van der Waals surface area contributed by atoms with Crippen LogP contribution in [0.2, 0.25) is 0 Å². The van der Waals surface area contributed by atoms with Gasteiger partial charge in [-0.3, -0.25) is 0 Å². The third kappa shape index (κ3) is 3.92. The van der Waals surface area contributed by atoms with Gasteiger partial charge in [0.1, 0.15) is 5.82 Å². The quantitative estimate of drug-likeness (QED) is 0.618. The average Bonchev–Trinajstić information content (AvgIpc) is 3.26. The van der Waals surface area contributed by atoms with Gasteiger partial charge in [0.05, 0.1) is 32.1 Å². The zero-order chi connectivity index (χ0) is 19.0. The summed E-state index contributed by atoms with van der Waals surface area (Å²) in [5.74, 6) is 0.453. The lowest BCUT2D eigenvalue weighted by Crippen LogP contribution is -2.29. The molecule has 0 spiro atoms. The van der Waals surface area contributed by atoms with E-state index in [-0.39, 0.29) is 6.23 Å². The van der Waals surface area contributed by atoms with Gasteiger partial charge in [0.25, 0.3) is 0 Å². The molecule has 4 N–H and O–H groups in total. The van der Waals surface area contributed by atoms with Crippen LogP contribution in [-0.2, 0) is 4.74 Å². The molecule has 0 aromatic carbocycles. The molecule has 1 atom stereocenters. The number of fused-ring (bicyclic) bond motifs is 1. The molecule has 4 rings (SSSR count). The van der Waals surface area contributed by atoms with Gasteiger partial charge in [0, 0.05) is 25.4 Å². The molecular weight excluding hydrogens is 362 g/mol. The number of rotatable bonds is 5. The summed E-state index contributed by atoms with van der Waals surface area (Å²) in [5, 5.41) is 17.8. The lowest BCUT2D eigenvalue weighted by Gasteiger charge is -2.24. The highest BCUT2D eigenvalue weighted by Gasteiger charge is 2.21. The van der Waals surface area contributed by atoms with Crippen molar-refractivity contribution in [2.45, 2.75) is 44.9 Å². The Kier molecular flexibility index (Phi) is 4.79. The van der Waals surface area contributed by atoms with Crippen LogP contribution >= 0.6 is 11.3 Å². The fraction of sp³-hybridized carbons (Fsp3) is 0.474. The minimum atomic E-state index is -0.818. The topological polar surface area (TPSA) is 98.2 Å². The molecule has 1 aliphatic heterocycles. The number of aromatic nitrogens is 3. The highest BCUT2D eigenvalue weighted by molar-refractivity contribution is 7.22. The summed E-state index contributed by atoms with van der Waals surface area (Å²) in [6.07, 6.45) is 5.03. The van der Waals surface area contributed by atoms with Crippen molar-refractivity contribution >= 4 is 33.1 Å². The Labute approximate surface area is 162 Å². The molecule has 0 amide bonds. The Morgan fingerprint density at radius 3 is 3.00 bits per heavy atom. The highest BCUT2D eigenvalue weighted by Crippen LogP contribution is 2.39. The van der Waals surface area contributed by atoms with Gasteiger partial charge in [-0.1, -0.05) is 0 Å². The molecule has 1 saturated heterocycles. The zero-order valence-electron chi connectivity index (χ0n) is 15.6. The van der Waals surface area contributed by atoms with Gasteiger partial charge < -0.3 is 20.9 Å². The molecule has 0 radical (unpaired) electrons. The second kappa shape index (κ2) is 7.10. The van der Waals surface area contributed by atoms with E-state index < -0.39 is 5.60 Å². The van der Waals surface area contributed by atoms with Gasteiger partial charge in [-0.25, -0.2) is 9.67 Å². The van der Waals surface area contributed by atoms with Crippen LogP contribution in [-0.4, -0.2) is 38.6 Å². The number of thiophene rings is 1. The van der Waals surface area contributed by atoms with Crippen molar-refractivity contribution in [3.8, 4) is 10.6 Å². The maximum Gasteiger partial charge on any atom is 0.150 e. The van der Waals surface area contributed by atoms with Crippen molar-refractivity contribution in [2.75, 3.05) is 24.2 Å². The molecule has 0 bridgehead atoms. The molecule has 144 valence electrons. The van der Waals surface area contributed by atoms with Crippen LogP contribution in [0.25, 0.3) is 20.8 Å². The van der Waals surface area contributed by atoms with E-state index in [0.29, 0.717) is 12.4 Å². The largest absolute Gasteiger partial charge is 0.389 e. The van der Waals surface area contributed by atoms with Crippen molar-refractivity contribution in [2.24, 2.45) is 0 Å². The second-order valence-corrected chi connectivity index (χ2v) is 8.62. The van der Waals surface area contributed by atoms with E-state index in [1.165, 1.54) is 0 Å². The van der Waals surface area contributed by atoms with E-state index in [0.717, 1.165) is 52.3 Å². The summed E-state index contributed by atoms with van der Waals surface area (Å²) < 4.78 is 8.89. The fourth-order valence-corrected chi connectivity index (χ4v) is 4.37. The van der Waals surface area contributed by atoms with Gasteiger partial charge in [-0.15, -0.1) is 11.3 Å². The van der Waals surface area contributed by atoms with Crippen LogP contribution in [0.15, 0.2) is 24.4 Å². The van der Waals surface area contributed by atoms with Crippen molar-refractivity contribution in [1.29, 1.82) is 0 Å². The number of nitrogens with two attached hydrogens (primary N) is 1. The summed E-state index contributed by atoms with van der Waals surface area (Å²) in [6.45, 7) is 4.74. The SMILES string of the molecule is CC(C)(O)CNc1cc(N)nc2cc(-c3ccnn3C3CCCCO3)sc12. The van der Waals surface area contributed by atoms with Crippen molar-refractivity contribution in [3.05, 3.63) is 24.4 Å². The average molecular weight is 388 g/mol. The Hall–Kier alpha value is -2.16. The van der Waals surface area contributed by atoms with Crippen LogP contribution in [0.5, 0.6) is 0 Å². The molecule has 1 unspecified atom stereocenters. The molecule has 1 aliphatic rings. The molecule has 3 aromatic heterocycles. The number of anilines is 2. The molecule has 27 heavy (non-hydrogen) atoms. The second-order valence-electron chi connectivity index (χ2n) is 7.57. The van der Waals surface area contributed by atoms with Gasteiger partial charge in [-0.05, 0) is 45.2 Å². The van der Waals surface area contributed by atoms with Gasteiger partial charge >= 0.3 is 0 Å². The Morgan fingerprint density at radius 2 is 2.26 bits per heavy atom. The minimum absolute atomic E-state index is 0.0141. The van der Waals surface area contributed by atoms with E-state index in [2.05, 4.69) is 15.4 Å². The first-order valence-electron chi connectivity index (χ1n) is 9.22. The smallest absolute Gasteiger partial charge is 0.150 e. The highest BCUT2D eigenvalue weighted by atomic mass is 32.1. The number of pyridine rings is 1. The Morgan fingerprint density at radius 1 is 1.41 bits per heavy atom. The predicted octanol–water partition coefficient (Wildman–Crippen LogP) is 3.62. The van der Waals surface area contributed by atoms with Crippen LogP contribution < -0.4 is 11.1 Å². The normalized spacial score (nSPS) is 18.1. The third-order valence-corrected chi connectivity index (χ3v) is 5.74. The number of ether oxygens (including phenoxy) is 1. The maximum atomic E-state index is 10.0. The fourth-order valence-electron chi connectivity index (χ4n) is 3.27. The lowest BCUT2D eigenvalue weighted by molar-refractivity contribution is -0.0383. The molecule has 3 aromatic rings. The minimum Gasteiger partial charge on any atom is -0.389 e. The molecule has 8 heteroatoms. The number of nitrogen functional groups attached to an aromatic ring is 1. The zero-order valence-corrected chi connectivity index (χ0v) is 16.4. The van der Waals surface area contributed by atoms with Gasteiger partial charge in [-0.2, -0.15) is 5.10 Å².